The number of oxazole rings is 1. The summed E-state index contributed by atoms with van der Waals surface area (Å²) in [6.45, 7) is 4.42. The number of nitrogens with zero attached hydrogens (tertiary/aromatic N) is 1. The minimum absolute atomic E-state index is 0.214. The van der Waals surface area contributed by atoms with Crippen molar-refractivity contribution in [3.05, 3.63) is 53.9 Å². The highest BCUT2D eigenvalue weighted by molar-refractivity contribution is 6.06. The largest absolute Gasteiger partial charge is 0.491 e. The van der Waals surface area contributed by atoms with Crippen LogP contribution in [-0.4, -0.2) is 17.5 Å². The molecule has 0 saturated heterocycles. The summed E-state index contributed by atoms with van der Waals surface area (Å²) in [4.78, 5) is 16.7. The van der Waals surface area contributed by atoms with Gasteiger partial charge in [-0.3, -0.25) is 4.79 Å². The van der Waals surface area contributed by atoms with Crippen molar-refractivity contribution in [2.75, 3.05) is 11.9 Å². The molecule has 5 heteroatoms. The van der Waals surface area contributed by atoms with Gasteiger partial charge in [0.1, 0.15) is 11.3 Å². The van der Waals surface area contributed by atoms with E-state index in [-0.39, 0.29) is 5.91 Å². The number of ether oxygens (including phenoxy) is 1. The number of hydrogen-bond acceptors (Lipinski definition) is 4. The first-order chi connectivity index (χ1) is 11.2. The van der Waals surface area contributed by atoms with Gasteiger partial charge in [-0.2, -0.15) is 0 Å². The lowest BCUT2D eigenvalue weighted by atomic mass is 10.2. The molecule has 1 aromatic heterocycles. The summed E-state index contributed by atoms with van der Waals surface area (Å²) in [7, 11) is 0. The summed E-state index contributed by atoms with van der Waals surface area (Å²) in [5, 5.41) is 2.88. The van der Waals surface area contributed by atoms with E-state index in [0.717, 1.165) is 11.9 Å². The van der Waals surface area contributed by atoms with E-state index in [1.165, 1.54) is 0 Å². The Hall–Kier alpha value is -2.82. The first-order valence-corrected chi connectivity index (χ1v) is 7.57. The fraction of sp³-hybridized carbons (Fsp3) is 0.222. The number of aryl methyl sites for hydroxylation is 1. The third-order valence-corrected chi connectivity index (χ3v) is 3.35. The third-order valence-electron chi connectivity index (χ3n) is 3.35. The molecule has 1 amide bonds. The Kier molecular flexibility index (Phi) is 4.28. The van der Waals surface area contributed by atoms with Crippen LogP contribution in [0.3, 0.4) is 0 Å². The molecule has 0 aliphatic rings. The van der Waals surface area contributed by atoms with Crippen molar-refractivity contribution in [2.24, 2.45) is 0 Å². The molecular weight excluding hydrogens is 292 g/mol. The molecule has 1 N–H and O–H groups in total. The van der Waals surface area contributed by atoms with Gasteiger partial charge in [-0.1, -0.05) is 19.1 Å². The van der Waals surface area contributed by atoms with Crippen LogP contribution in [0, 0.1) is 6.92 Å². The van der Waals surface area contributed by atoms with Gasteiger partial charge in [-0.05, 0) is 36.8 Å². The van der Waals surface area contributed by atoms with E-state index in [9.17, 15) is 4.79 Å². The van der Waals surface area contributed by atoms with Crippen LogP contribution in [0.25, 0.3) is 11.1 Å². The average molecular weight is 310 g/mol. The van der Waals surface area contributed by atoms with Crippen molar-refractivity contribution in [3.63, 3.8) is 0 Å². The van der Waals surface area contributed by atoms with Crippen LogP contribution >= 0.6 is 0 Å². The molecule has 118 valence electrons. The highest BCUT2D eigenvalue weighted by atomic mass is 16.5. The monoisotopic (exact) mass is 310 g/mol. The summed E-state index contributed by atoms with van der Waals surface area (Å²) in [5.41, 5.74) is 2.51. The maximum atomic E-state index is 12.5. The summed E-state index contributed by atoms with van der Waals surface area (Å²) in [6.07, 6.45) is 0.907. The Morgan fingerprint density at radius 2 is 2.09 bits per heavy atom. The number of carbonyl (C=O) groups excluding carboxylic acids is 1. The zero-order chi connectivity index (χ0) is 16.2. The van der Waals surface area contributed by atoms with E-state index < -0.39 is 0 Å². The maximum Gasteiger partial charge on any atom is 0.255 e. The van der Waals surface area contributed by atoms with Crippen LogP contribution in [0.4, 0.5) is 5.69 Å². The fourth-order valence-electron chi connectivity index (χ4n) is 2.28. The number of anilines is 1. The molecule has 0 aliphatic heterocycles. The van der Waals surface area contributed by atoms with Crippen LogP contribution in [-0.2, 0) is 0 Å². The van der Waals surface area contributed by atoms with E-state index in [1.807, 2.05) is 31.2 Å². The number of amides is 1. The minimum atomic E-state index is -0.214. The standard InChI is InChI=1S/C18H18N2O3/c1-3-10-22-16-7-5-4-6-14(16)20-18(21)13-8-9-15-17(11-13)23-12(2)19-15/h4-9,11H,3,10H2,1-2H3,(H,20,21). The van der Waals surface area contributed by atoms with E-state index in [1.54, 1.807) is 25.1 Å². The Morgan fingerprint density at radius 3 is 2.91 bits per heavy atom. The number of rotatable bonds is 5. The molecule has 0 aliphatic carbocycles. The molecule has 3 rings (SSSR count). The summed E-state index contributed by atoms with van der Waals surface area (Å²) in [5.74, 6) is 1.03. The van der Waals surface area contributed by atoms with E-state index in [0.29, 0.717) is 35.1 Å². The van der Waals surface area contributed by atoms with Gasteiger partial charge in [0.15, 0.2) is 11.5 Å². The van der Waals surface area contributed by atoms with Gasteiger partial charge in [-0.25, -0.2) is 4.98 Å². The molecular formula is C18H18N2O3. The highest BCUT2D eigenvalue weighted by Gasteiger charge is 2.12. The predicted octanol–water partition coefficient (Wildman–Crippen LogP) is 4.18. The molecule has 5 nitrogen and oxygen atoms in total. The number of carbonyl (C=O) groups is 1. The van der Waals surface area contributed by atoms with Crippen LogP contribution in [0.2, 0.25) is 0 Å². The first-order valence-electron chi connectivity index (χ1n) is 7.57. The quantitative estimate of drug-likeness (QED) is 0.768. The van der Waals surface area contributed by atoms with E-state index in [4.69, 9.17) is 9.15 Å². The van der Waals surface area contributed by atoms with Crippen molar-refractivity contribution in [2.45, 2.75) is 20.3 Å². The van der Waals surface area contributed by atoms with Gasteiger partial charge in [0.25, 0.3) is 5.91 Å². The number of aromatic nitrogens is 1. The number of nitrogens with one attached hydrogen (secondary N) is 1. The summed E-state index contributed by atoms with van der Waals surface area (Å²) in [6, 6.07) is 12.6. The normalized spacial score (nSPS) is 10.7. The Labute approximate surface area is 134 Å². The topological polar surface area (TPSA) is 64.4 Å². The predicted molar refractivity (Wildman–Crippen MR) is 88.9 cm³/mol. The maximum absolute atomic E-state index is 12.5. The second-order valence-corrected chi connectivity index (χ2v) is 5.21. The number of para-hydroxylation sites is 2. The molecule has 0 bridgehead atoms. The highest BCUT2D eigenvalue weighted by Crippen LogP contribution is 2.25. The number of hydrogen-bond donors (Lipinski definition) is 1. The van der Waals surface area contributed by atoms with Gasteiger partial charge < -0.3 is 14.5 Å². The molecule has 3 aromatic rings. The molecule has 0 spiro atoms. The van der Waals surface area contributed by atoms with E-state index >= 15 is 0 Å². The Morgan fingerprint density at radius 1 is 1.26 bits per heavy atom. The van der Waals surface area contributed by atoms with Gasteiger partial charge >= 0.3 is 0 Å². The van der Waals surface area contributed by atoms with Gasteiger partial charge in [-0.15, -0.1) is 0 Å². The van der Waals surface area contributed by atoms with Gasteiger partial charge in [0, 0.05) is 12.5 Å². The SMILES string of the molecule is CCCOc1ccccc1NC(=O)c1ccc2nc(C)oc2c1. The van der Waals surface area contributed by atoms with Crippen molar-refractivity contribution in [1.29, 1.82) is 0 Å². The molecule has 0 fully saturated rings. The zero-order valence-corrected chi connectivity index (χ0v) is 13.1. The molecule has 23 heavy (non-hydrogen) atoms. The second-order valence-electron chi connectivity index (χ2n) is 5.21. The smallest absolute Gasteiger partial charge is 0.255 e. The molecule has 0 atom stereocenters. The first kappa shape index (κ1) is 15.1. The number of fused-ring (bicyclic) bond motifs is 1. The average Bonchev–Trinajstić information content (AvgIpc) is 2.93. The van der Waals surface area contributed by atoms with Crippen molar-refractivity contribution in [1.82, 2.24) is 4.98 Å². The zero-order valence-electron chi connectivity index (χ0n) is 13.1. The summed E-state index contributed by atoms with van der Waals surface area (Å²) < 4.78 is 11.1. The lowest BCUT2D eigenvalue weighted by Gasteiger charge is -2.11. The molecule has 0 radical (unpaired) electrons. The van der Waals surface area contributed by atoms with Crippen LogP contribution < -0.4 is 10.1 Å². The van der Waals surface area contributed by atoms with Gasteiger partial charge in [0.2, 0.25) is 0 Å². The fourth-order valence-corrected chi connectivity index (χ4v) is 2.28. The second kappa shape index (κ2) is 6.52. The molecule has 0 unspecified atom stereocenters. The van der Waals surface area contributed by atoms with Crippen molar-refractivity contribution < 1.29 is 13.9 Å². The lowest BCUT2D eigenvalue weighted by Crippen LogP contribution is -2.13. The van der Waals surface area contributed by atoms with Crippen LogP contribution in [0.15, 0.2) is 46.9 Å². The molecule has 2 aromatic carbocycles. The molecule has 0 saturated carbocycles. The molecule has 1 heterocycles. The van der Waals surface area contributed by atoms with Crippen molar-refractivity contribution >= 4 is 22.7 Å². The lowest BCUT2D eigenvalue weighted by molar-refractivity contribution is 0.102. The van der Waals surface area contributed by atoms with Crippen molar-refractivity contribution in [3.8, 4) is 5.75 Å². The summed E-state index contributed by atoms with van der Waals surface area (Å²) >= 11 is 0. The van der Waals surface area contributed by atoms with E-state index in [2.05, 4.69) is 10.3 Å². The van der Waals surface area contributed by atoms with Gasteiger partial charge in [0.05, 0.1) is 12.3 Å². The minimum Gasteiger partial charge on any atom is -0.491 e. The van der Waals surface area contributed by atoms with Crippen LogP contribution in [0.5, 0.6) is 5.75 Å². The third kappa shape index (κ3) is 3.34. The Balaban J connectivity index is 1.82. The number of benzene rings is 2. The van der Waals surface area contributed by atoms with Crippen LogP contribution in [0.1, 0.15) is 29.6 Å². The Bertz CT molecular complexity index is 839.